The molecular weight excluding hydrogens is 202 g/mol. The molecule has 0 atom stereocenters. The predicted molar refractivity (Wildman–Crippen MR) is 64.2 cm³/mol. The highest BCUT2D eigenvalue weighted by molar-refractivity contribution is 5.93. The van der Waals surface area contributed by atoms with Crippen molar-refractivity contribution in [3.63, 3.8) is 0 Å². The molecule has 0 saturated heterocycles. The van der Waals surface area contributed by atoms with Crippen molar-refractivity contribution in [2.75, 3.05) is 0 Å². The number of rotatable bonds is 2. The van der Waals surface area contributed by atoms with E-state index < -0.39 is 0 Å². The minimum absolute atomic E-state index is 0.207. The highest BCUT2D eigenvalue weighted by Crippen LogP contribution is 2.10. The summed E-state index contributed by atoms with van der Waals surface area (Å²) in [5.41, 5.74) is 4.84. The van der Waals surface area contributed by atoms with Crippen LogP contribution in [0, 0.1) is 13.8 Å². The molecule has 0 aromatic heterocycles. The van der Waals surface area contributed by atoms with E-state index in [2.05, 4.69) is 5.48 Å². The number of carbonyl (C=O) groups is 1. The van der Waals surface area contributed by atoms with Crippen LogP contribution in [0.2, 0.25) is 0 Å². The number of hydrogen-bond donors (Lipinski definition) is 1. The van der Waals surface area contributed by atoms with Crippen molar-refractivity contribution < 1.29 is 9.63 Å². The van der Waals surface area contributed by atoms with Crippen LogP contribution in [0.15, 0.2) is 18.2 Å². The molecule has 0 fully saturated rings. The van der Waals surface area contributed by atoms with Gasteiger partial charge >= 0.3 is 0 Å². The van der Waals surface area contributed by atoms with Gasteiger partial charge in [-0.1, -0.05) is 17.2 Å². The monoisotopic (exact) mass is 221 g/mol. The van der Waals surface area contributed by atoms with E-state index in [0.29, 0.717) is 5.56 Å². The van der Waals surface area contributed by atoms with Crippen LogP contribution in [-0.4, -0.2) is 11.5 Å². The van der Waals surface area contributed by atoms with E-state index in [4.69, 9.17) is 4.84 Å². The Bertz CT molecular complexity index is 371. The van der Waals surface area contributed by atoms with Gasteiger partial charge in [-0.15, -0.1) is 0 Å². The molecule has 16 heavy (non-hydrogen) atoms. The molecule has 0 unspecified atom stereocenters. The molecule has 0 spiro atoms. The molecular formula is C13H19NO2. The van der Waals surface area contributed by atoms with E-state index in [0.717, 1.165) is 11.1 Å². The lowest BCUT2D eigenvalue weighted by atomic mass is 10.1. The minimum Gasteiger partial charge on any atom is -0.268 e. The number of nitrogens with one attached hydrogen (secondary N) is 1. The van der Waals surface area contributed by atoms with Crippen molar-refractivity contribution in [3.05, 3.63) is 34.9 Å². The molecule has 3 nitrogen and oxygen atoms in total. The second kappa shape index (κ2) is 4.66. The summed E-state index contributed by atoms with van der Waals surface area (Å²) in [5.74, 6) is -0.207. The summed E-state index contributed by atoms with van der Waals surface area (Å²) < 4.78 is 0. The van der Waals surface area contributed by atoms with E-state index in [1.54, 1.807) is 0 Å². The van der Waals surface area contributed by atoms with Crippen molar-refractivity contribution in [1.29, 1.82) is 0 Å². The Morgan fingerprint density at radius 1 is 1.12 bits per heavy atom. The summed E-state index contributed by atoms with van der Waals surface area (Å²) in [6.45, 7) is 9.58. The zero-order valence-corrected chi connectivity index (χ0v) is 10.5. The number of carbonyl (C=O) groups excluding carboxylic acids is 1. The van der Waals surface area contributed by atoms with Crippen molar-refractivity contribution in [2.45, 2.75) is 40.2 Å². The fourth-order valence-corrected chi connectivity index (χ4v) is 1.36. The molecule has 1 N–H and O–H groups in total. The molecule has 3 heteroatoms. The fraction of sp³-hybridized carbons (Fsp3) is 0.462. The number of hydrogen-bond acceptors (Lipinski definition) is 2. The third-order valence-corrected chi connectivity index (χ3v) is 1.93. The van der Waals surface area contributed by atoms with E-state index >= 15 is 0 Å². The van der Waals surface area contributed by atoms with Gasteiger partial charge in [0.1, 0.15) is 0 Å². The van der Waals surface area contributed by atoms with Crippen LogP contribution >= 0.6 is 0 Å². The molecule has 88 valence electrons. The summed E-state index contributed by atoms with van der Waals surface area (Å²) in [6, 6.07) is 5.71. The molecule has 0 aliphatic heterocycles. The number of amides is 1. The average molecular weight is 221 g/mol. The molecule has 1 rings (SSSR count). The highest BCUT2D eigenvalue weighted by Gasteiger charge is 2.14. The topological polar surface area (TPSA) is 38.3 Å². The van der Waals surface area contributed by atoms with Crippen LogP contribution < -0.4 is 5.48 Å². The standard InChI is InChI=1S/C13H19NO2/c1-9-6-10(2)8-11(7-9)12(15)14-16-13(3,4)5/h6-8H,1-5H3,(H,14,15). The van der Waals surface area contributed by atoms with E-state index in [-0.39, 0.29) is 11.5 Å². The highest BCUT2D eigenvalue weighted by atomic mass is 16.7. The first kappa shape index (κ1) is 12.7. The number of aryl methyl sites for hydroxylation is 2. The molecule has 0 heterocycles. The quantitative estimate of drug-likeness (QED) is 0.780. The summed E-state index contributed by atoms with van der Waals surface area (Å²) in [6.07, 6.45) is 0. The van der Waals surface area contributed by atoms with Crippen LogP contribution in [0.25, 0.3) is 0 Å². The van der Waals surface area contributed by atoms with Gasteiger partial charge in [-0.05, 0) is 46.8 Å². The summed E-state index contributed by atoms with van der Waals surface area (Å²) in [7, 11) is 0. The van der Waals surface area contributed by atoms with Crippen LogP contribution in [-0.2, 0) is 4.84 Å². The maximum absolute atomic E-state index is 11.8. The zero-order valence-electron chi connectivity index (χ0n) is 10.5. The smallest absolute Gasteiger partial charge is 0.268 e. The van der Waals surface area contributed by atoms with Gasteiger partial charge in [0.15, 0.2) is 0 Å². The second-order valence-corrected chi connectivity index (χ2v) is 5.02. The molecule has 1 aromatic rings. The first-order chi connectivity index (χ1) is 7.28. The van der Waals surface area contributed by atoms with Gasteiger partial charge in [-0.3, -0.25) is 9.63 Å². The summed E-state index contributed by atoms with van der Waals surface area (Å²) in [4.78, 5) is 17.0. The van der Waals surface area contributed by atoms with Crippen LogP contribution in [0.3, 0.4) is 0 Å². The lowest BCUT2D eigenvalue weighted by Crippen LogP contribution is -2.33. The second-order valence-electron chi connectivity index (χ2n) is 5.02. The predicted octanol–water partition coefficient (Wildman–Crippen LogP) is 2.76. The Labute approximate surface area is 96.8 Å². The molecule has 0 bridgehead atoms. The Morgan fingerprint density at radius 3 is 2.06 bits per heavy atom. The van der Waals surface area contributed by atoms with Gasteiger partial charge in [-0.25, -0.2) is 5.48 Å². The molecule has 1 aromatic carbocycles. The van der Waals surface area contributed by atoms with Crippen molar-refractivity contribution in [2.24, 2.45) is 0 Å². The lowest BCUT2D eigenvalue weighted by Gasteiger charge is -2.19. The van der Waals surface area contributed by atoms with Gasteiger partial charge in [0.2, 0.25) is 0 Å². The number of hydroxylamine groups is 1. The molecule has 0 saturated carbocycles. The van der Waals surface area contributed by atoms with E-state index in [1.165, 1.54) is 0 Å². The van der Waals surface area contributed by atoms with Crippen molar-refractivity contribution >= 4 is 5.91 Å². The van der Waals surface area contributed by atoms with Gasteiger partial charge in [0, 0.05) is 5.56 Å². The van der Waals surface area contributed by atoms with E-state index in [9.17, 15) is 4.79 Å². The Hall–Kier alpha value is -1.35. The average Bonchev–Trinajstić information content (AvgIpc) is 2.11. The minimum atomic E-state index is -0.380. The van der Waals surface area contributed by atoms with Crippen molar-refractivity contribution in [1.82, 2.24) is 5.48 Å². The summed E-state index contributed by atoms with van der Waals surface area (Å²) >= 11 is 0. The Morgan fingerprint density at radius 2 is 1.62 bits per heavy atom. The van der Waals surface area contributed by atoms with Crippen LogP contribution in [0.1, 0.15) is 42.3 Å². The SMILES string of the molecule is Cc1cc(C)cc(C(=O)NOC(C)(C)C)c1. The normalized spacial score (nSPS) is 11.3. The molecule has 1 amide bonds. The van der Waals surface area contributed by atoms with Gasteiger partial charge in [-0.2, -0.15) is 0 Å². The largest absolute Gasteiger partial charge is 0.274 e. The molecule has 0 radical (unpaired) electrons. The van der Waals surface area contributed by atoms with E-state index in [1.807, 2.05) is 52.8 Å². The summed E-state index contributed by atoms with van der Waals surface area (Å²) in [5, 5.41) is 0. The maximum atomic E-state index is 11.8. The number of benzene rings is 1. The van der Waals surface area contributed by atoms with Gasteiger partial charge in [0.05, 0.1) is 5.60 Å². The van der Waals surface area contributed by atoms with Crippen molar-refractivity contribution in [3.8, 4) is 0 Å². The molecule has 0 aliphatic rings. The first-order valence-corrected chi connectivity index (χ1v) is 5.34. The van der Waals surface area contributed by atoms with Crippen LogP contribution in [0.4, 0.5) is 0 Å². The van der Waals surface area contributed by atoms with Gasteiger partial charge < -0.3 is 0 Å². The third-order valence-electron chi connectivity index (χ3n) is 1.93. The Balaban J connectivity index is 2.73. The fourth-order valence-electron chi connectivity index (χ4n) is 1.36. The zero-order chi connectivity index (χ0) is 12.3. The Kier molecular flexibility index (Phi) is 3.70. The van der Waals surface area contributed by atoms with Gasteiger partial charge in [0.25, 0.3) is 5.91 Å². The third kappa shape index (κ3) is 4.03. The van der Waals surface area contributed by atoms with Crippen LogP contribution in [0.5, 0.6) is 0 Å². The first-order valence-electron chi connectivity index (χ1n) is 5.34. The lowest BCUT2D eigenvalue weighted by molar-refractivity contribution is -0.0589. The molecule has 0 aliphatic carbocycles. The maximum Gasteiger partial charge on any atom is 0.274 e.